The van der Waals surface area contributed by atoms with Crippen LogP contribution in [0.4, 0.5) is 0 Å². The molecule has 0 aromatic rings. The average Bonchev–Trinajstić information content (AvgIpc) is 3.73. The molecule has 0 radical (unpaired) electrons. The highest BCUT2D eigenvalue weighted by Gasteiger charge is 2.62. The summed E-state index contributed by atoms with van der Waals surface area (Å²) in [6.45, 7) is 15.6. The van der Waals surface area contributed by atoms with Crippen LogP contribution in [0.3, 0.4) is 0 Å². The van der Waals surface area contributed by atoms with Crippen molar-refractivity contribution in [3.05, 3.63) is 0 Å². The van der Waals surface area contributed by atoms with Gasteiger partial charge in [-0.2, -0.15) is 0 Å². The molecule has 4 N–H and O–H groups in total. The molecule has 5 aliphatic heterocycles. The molecule has 5 rings (SSSR count). The van der Waals surface area contributed by atoms with Crippen LogP contribution in [0.25, 0.3) is 0 Å². The molecule has 0 aromatic carbocycles. The van der Waals surface area contributed by atoms with E-state index < -0.39 is 59.6 Å². The molecule has 0 aromatic heterocycles. The summed E-state index contributed by atoms with van der Waals surface area (Å²) in [7, 11) is 1.52. The van der Waals surface area contributed by atoms with Crippen LogP contribution in [0, 0.1) is 35.5 Å². The molecule has 0 aliphatic carbocycles. The third-order valence-electron chi connectivity index (χ3n) is 13.0. The summed E-state index contributed by atoms with van der Waals surface area (Å²) in [5.41, 5.74) is -1.15. The Balaban J connectivity index is 1.29. The largest absolute Gasteiger partial charge is 0.481 e. The normalized spacial score (nSPS) is 50.9. The molecule has 17 atom stereocenters. The standard InChI is InChI=1S/C36H62O11/c1-10-34(31-20(3)16-26(43-31)28-19(2)15-21(4)36(41,18-37)46-28)12-11-27(44-34)33(8)13-14-35(47-33)17-25(38)22(5)30(45-35)23(6)29(42-9)24(7)32(39)40/h19-31,37-38,41H,10-18H2,1-9H3,(H,39,40)/t19-,20+,21-,22-,23+,24+,25+,26-,27-,28+,29-,30-,31-,33+,34+,35-,36-/m1/s1. The molecule has 1 spiro atoms. The highest BCUT2D eigenvalue weighted by atomic mass is 16.7. The van der Waals surface area contributed by atoms with Gasteiger partial charge in [-0.1, -0.05) is 41.5 Å². The van der Waals surface area contributed by atoms with E-state index in [-0.39, 0.29) is 54.0 Å². The quantitative estimate of drug-likeness (QED) is 0.264. The van der Waals surface area contributed by atoms with Crippen LogP contribution < -0.4 is 0 Å². The molecule has 5 fully saturated rings. The molecule has 47 heavy (non-hydrogen) atoms. The number of carbonyl (C=O) groups is 1. The summed E-state index contributed by atoms with van der Waals surface area (Å²) in [4.78, 5) is 11.8. The van der Waals surface area contributed by atoms with Gasteiger partial charge in [-0.05, 0) is 64.2 Å². The first-order valence-electron chi connectivity index (χ1n) is 18.1. The Kier molecular flexibility index (Phi) is 10.9. The molecule has 5 saturated heterocycles. The molecule has 5 heterocycles. The highest BCUT2D eigenvalue weighted by molar-refractivity contribution is 5.70. The number of methoxy groups -OCH3 is 1. The molecule has 5 aliphatic rings. The Hall–Kier alpha value is -0.890. The topological polar surface area (TPSA) is 153 Å². The first-order valence-corrected chi connectivity index (χ1v) is 18.1. The monoisotopic (exact) mass is 670 g/mol. The number of hydrogen-bond donors (Lipinski definition) is 4. The summed E-state index contributed by atoms with van der Waals surface area (Å²) in [5, 5.41) is 41.8. The van der Waals surface area contributed by atoms with Gasteiger partial charge in [0.25, 0.3) is 0 Å². The second kappa shape index (κ2) is 13.7. The summed E-state index contributed by atoms with van der Waals surface area (Å²) in [5.74, 6) is -4.52. The average molecular weight is 671 g/mol. The molecule has 0 bridgehead atoms. The number of carboxylic acids is 1. The van der Waals surface area contributed by atoms with Crippen molar-refractivity contribution in [2.24, 2.45) is 35.5 Å². The number of rotatable bonds is 10. The van der Waals surface area contributed by atoms with Crippen LogP contribution in [0.15, 0.2) is 0 Å². The molecule has 11 nitrogen and oxygen atoms in total. The van der Waals surface area contributed by atoms with Gasteiger partial charge in [0.2, 0.25) is 0 Å². The lowest BCUT2D eigenvalue weighted by molar-refractivity contribution is -0.336. The lowest BCUT2D eigenvalue weighted by Gasteiger charge is -2.49. The summed E-state index contributed by atoms with van der Waals surface area (Å²) in [6.07, 6.45) is 2.99. The molecule has 0 amide bonds. The van der Waals surface area contributed by atoms with E-state index in [1.165, 1.54) is 7.11 Å². The van der Waals surface area contributed by atoms with Gasteiger partial charge >= 0.3 is 5.97 Å². The van der Waals surface area contributed by atoms with Crippen molar-refractivity contribution >= 4 is 5.97 Å². The Labute approximate surface area is 281 Å². The van der Waals surface area contributed by atoms with Crippen LogP contribution in [0.5, 0.6) is 0 Å². The fraction of sp³-hybridized carbons (Fsp3) is 0.972. The minimum absolute atomic E-state index is 0.153. The fourth-order valence-corrected chi connectivity index (χ4v) is 9.91. The van der Waals surface area contributed by atoms with E-state index >= 15 is 0 Å². The zero-order valence-corrected chi connectivity index (χ0v) is 30.0. The maximum absolute atomic E-state index is 11.8. The van der Waals surface area contributed by atoms with Crippen molar-refractivity contribution in [2.75, 3.05) is 13.7 Å². The van der Waals surface area contributed by atoms with Crippen molar-refractivity contribution < 1.29 is 53.6 Å². The molecule has 0 unspecified atom stereocenters. The maximum Gasteiger partial charge on any atom is 0.308 e. The van der Waals surface area contributed by atoms with Crippen LogP contribution >= 0.6 is 0 Å². The zero-order chi connectivity index (χ0) is 34.7. The van der Waals surface area contributed by atoms with Crippen molar-refractivity contribution in [1.82, 2.24) is 0 Å². The van der Waals surface area contributed by atoms with Gasteiger partial charge in [0, 0.05) is 37.7 Å². The lowest BCUT2D eigenvalue weighted by atomic mass is 9.78. The molecule has 11 heteroatoms. The highest BCUT2D eigenvalue weighted by Crippen LogP contribution is 2.55. The van der Waals surface area contributed by atoms with E-state index in [1.807, 2.05) is 20.8 Å². The van der Waals surface area contributed by atoms with Crippen LogP contribution in [-0.2, 0) is 33.2 Å². The molecule has 272 valence electrons. The van der Waals surface area contributed by atoms with Gasteiger partial charge < -0.3 is 48.8 Å². The smallest absolute Gasteiger partial charge is 0.308 e. The number of hydrogen-bond acceptors (Lipinski definition) is 10. The van der Waals surface area contributed by atoms with E-state index in [0.29, 0.717) is 19.3 Å². The van der Waals surface area contributed by atoms with E-state index in [9.17, 15) is 25.2 Å². The van der Waals surface area contributed by atoms with E-state index in [2.05, 4.69) is 27.7 Å². The minimum Gasteiger partial charge on any atom is -0.481 e. The zero-order valence-electron chi connectivity index (χ0n) is 30.0. The number of carboxylic acid groups (broad SMARTS) is 1. The number of ether oxygens (including phenoxy) is 6. The first-order chi connectivity index (χ1) is 22.0. The van der Waals surface area contributed by atoms with Gasteiger partial charge in [0.1, 0.15) is 0 Å². The van der Waals surface area contributed by atoms with E-state index in [4.69, 9.17) is 28.4 Å². The summed E-state index contributed by atoms with van der Waals surface area (Å²) < 4.78 is 39.4. The number of aliphatic hydroxyl groups is 3. The fourth-order valence-electron chi connectivity index (χ4n) is 9.91. The van der Waals surface area contributed by atoms with Gasteiger partial charge in [-0.25, -0.2) is 0 Å². The summed E-state index contributed by atoms with van der Waals surface area (Å²) in [6, 6.07) is 0. The van der Waals surface area contributed by atoms with Crippen LogP contribution in [-0.4, -0.2) is 106 Å². The SMILES string of the molecule is CC[C@@]1([C@@H]2O[C@@H]([C@H]3O[C@](O)(CO)[C@H](C)C[C@H]3C)C[C@@H]2C)CC[C@H]([C@]2(C)CC[C@]3(C[C@H](O)[C@@H](C)[C@H]([C@@H](C)[C@@H](OC)[C@H](C)C(=O)O)O3)O2)O1. The Bertz CT molecular complexity index is 1110. The van der Waals surface area contributed by atoms with E-state index in [0.717, 1.165) is 32.1 Å². The molecular weight excluding hydrogens is 608 g/mol. The van der Waals surface area contributed by atoms with Crippen molar-refractivity contribution in [3.8, 4) is 0 Å². The third-order valence-corrected chi connectivity index (χ3v) is 13.0. The molecule has 0 saturated carbocycles. The number of aliphatic hydroxyl groups excluding tert-OH is 2. The number of aliphatic carboxylic acids is 1. The van der Waals surface area contributed by atoms with Crippen LogP contribution in [0.2, 0.25) is 0 Å². The van der Waals surface area contributed by atoms with Gasteiger partial charge in [-0.15, -0.1) is 0 Å². The lowest BCUT2D eigenvalue weighted by Crippen LogP contribution is -2.57. The maximum atomic E-state index is 11.8. The van der Waals surface area contributed by atoms with E-state index in [1.54, 1.807) is 6.92 Å². The Morgan fingerprint density at radius 1 is 1.02 bits per heavy atom. The molecular formula is C36H62O11. The Morgan fingerprint density at radius 2 is 1.72 bits per heavy atom. The van der Waals surface area contributed by atoms with Gasteiger partial charge in [0.05, 0.1) is 66.5 Å². The van der Waals surface area contributed by atoms with Crippen molar-refractivity contribution in [2.45, 2.75) is 172 Å². The second-order valence-corrected chi connectivity index (χ2v) is 16.3. The van der Waals surface area contributed by atoms with Crippen molar-refractivity contribution in [3.63, 3.8) is 0 Å². The third kappa shape index (κ3) is 6.67. The first kappa shape index (κ1) is 37.4. The van der Waals surface area contributed by atoms with Gasteiger partial charge in [0.15, 0.2) is 11.6 Å². The summed E-state index contributed by atoms with van der Waals surface area (Å²) >= 11 is 0. The Morgan fingerprint density at radius 3 is 2.34 bits per heavy atom. The second-order valence-electron chi connectivity index (χ2n) is 16.3. The van der Waals surface area contributed by atoms with Gasteiger partial charge in [-0.3, -0.25) is 4.79 Å². The van der Waals surface area contributed by atoms with Crippen molar-refractivity contribution in [1.29, 1.82) is 0 Å². The predicted molar refractivity (Wildman–Crippen MR) is 172 cm³/mol. The minimum atomic E-state index is -1.56. The predicted octanol–water partition coefficient (Wildman–Crippen LogP) is 4.27. The van der Waals surface area contributed by atoms with Crippen LogP contribution in [0.1, 0.15) is 107 Å².